The summed E-state index contributed by atoms with van der Waals surface area (Å²) >= 11 is 0. The van der Waals surface area contributed by atoms with Crippen molar-refractivity contribution in [2.75, 3.05) is 48.1 Å². The van der Waals surface area contributed by atoms with Gasteiger partial charge in [0.1, 0.15) is 30.0 Å². The van der Waals surface area contributed by atoms with Gasteiger partial charge in [0.2, 0.25) is 0 Å². The third-order valence-electron chi connectivity index (χ3n) is 13.4. The van der Waals surface area contributed by atoms with Gasteiger partial charge >= 0.3 is 17.9 Å². The topological polar surface area (TPSA) is 160 Å². The van der Waals surface area contributed by atoms with Crippen LogP contribution in [0.5, 0.6) is 0 Å². The van der Waals surface area contributed by atoms with Crippen molar-refractivity contribution >= 4 is 17.9 Å². The Kier molecular flexibility index (Phi) is 8.49. The molecule has 13 heteroatoms. The average Bonchev–Trinajstić information content (AvgIpc) is 3.44. The summed E-state index contributed by atoms with van der Waals surface area (Å²) in [5.41, 5.74) is -4.92. The summed E-state index contributed by atoms with van der Waals surface area (Å²) < 4.78 is 43.9. The highest BCUT2D eigenvalue weighted by Gasteiger charge is 2.92. The van der Waals surface area contributed by atoms with Gasteiger partial charge in [-0.25, -0.2) is 4.79 Å². The van der Waals surface area contributed by atoms with Crippen LogP contribution in [0.25, 0.3) is 0 Å². The minimum absolute atomic E-state index is 0.0534. The molecule has 0 radical (unpaired) electrons. The normalized spacial score (nSPS) is 47.4. The lowest BCUT2D eigenvalue weighted by molar-refractivity contribution is -0.322. The first-order valence-corrected chi connectivity index (χ1v) is 17.2. The summed E-state index contributed by atoms with van der Waals surface area (Å²) in [4.78, 5) is 42.2. The lowest BCUT2D eigenvalue weighted by Gasteiger charge is -2.70. The van der Waals surface area contributed by atoms with E-state index in [0.717, 1.165) is 0 Å². The maximum absolute atomic E-state index is 13.8. The molecule has 9 unspecified atom stereocenters. The first kappa shape index (κ1) is 34.8. The number of esters is 3. The number of rotatable bonds is 10. The van der Waals surface area contributed by atoms with Crippen LogP contribution in [0.15, 0.2) is 30.3 Å². The van der Waals surface area contributed by atoms with Crippen molar-refractivity contribution in [1.82, 2.24) is 4.90 Å². The Balaban J connectivity index is 1.53. The Labute approximate surface area is 286 Å². The number of carbonyl (C=O) groups is 3. The van der Waals surface area contributed by atoms with E-state index >= 15 is 0 Å². The Morgan fingerprint density at radius 2 is 1.63 bits per heavy atom. The van der Waals surface area contributed by atoms with Crippen molar-refractivity contribution in [2.45, 2.75) is 87.5 Å². The summed E-state index contributed by atoms with van der Waals surface area (Å²) in [6.07, 6.45) is -5.45. The second kappa shape index (κ2) is 12.0. The third kappa shape index (κ3) is 4.21. The molecular formula is C36H49NO12. The minimum Gasteiger partial charge on any atom is -0.462 e. The summed E-state index contributed by atoms with van der Waals surface area (Å²) in [7, 11) is 6.25. The van der Waals surface area contributed by atoms with Gasteiger partial charge < -0.3 is 43.4 Å². The molecule has 7 bridgehead atoms. The predicted molar refractivity (Wildman–Crippen MR) is 170 cm³/mol. The molecule has 15 atom stereocenters. The number of fused-ring (bicyclic) bond motifs is 2. The molecule has 0 amide bonds. The van der Waals surface area contributed by atoms with Crippen LogP contribution >= 0.6 is 0 Å². The number of hydrogen-bond acceptors (Lipinski definition) is 13. The number of aliphatic hydroxyl groups is 2. The van der Waals surface area contributed by atoms with E-state index in [4.69, 9.17) is 33.2 Å². The average molecular weight is 688 g/mol. The zero-order valence-corrected chi connectivity index (χ0v) is 29.2. The van der Waals surface area contributed by atoms with E-state index in [2.05, 4.69) is 4.90 Å². The molecule has 49 heavy (non-hydrogen) atoms. The van der Waals surface area contributed by atoms with Crippen LogP contribution in [0.3, 0.4) is 0 Å². The number of likely N-dealkylation sites (tertiary alicyclic amines) is 1. The highest BCUT2D eigenvalue weighted by molar-refractivity contribution is 5.89. The van der Waals surface area contributed by atoms with E-state index in [-0.39, 0.29) is 24.6 Å². The largest absolute Gasteiger partial charge is 0.462 e. The van der Waals surface area contributed by atoms with Gasteiger partial charge in [-0.2, -0.15) is 0 Å². The highest BCUT2D eigenvalue weighted by atomic mass is 16.6. The zero-order chi connectivity index (χ0) is 35.3. The lowest BCUT2D eigenvalue weighted by Crippen LogP contribution is -2.81. The molecule has 13 nitrogen and oxygen atoms in total. The van der Waals surface area contributed by atoms with E-state index in [9.17, 15) is 24.6 Å². The highest BCUT2D eigenvalue weighted by Crippen LogP contribution is 2.80. The van der Waals surface area contributed by atoms with Crippen molar-refractivity contribution in [3.8, 4) is 0 Å². The van der Waals surface area contributed by atoms with Crippen LogP contribution in [-0.4, -0.2) is 135 Å². The van der Waals surface area contributed by atoms with Gasteiger partial charge in [0.05, 0.1) is 24.4 Å². The van der Waals surface area contributed by atoms with Crippen LogP contribution in [0.4, 0.5) is 0 Å². The molecule has 2 N–H and O–H groups in total. The fourth-order valence-electron chi connectivity index (χ4n) is 12.7. The second-order valence-corrected chi connectivity index (χ2v) is 15.0. The van der Waals surface area contributed by atoms with Crippen LogP contribution in [0.1, 0.15) is 44.0 Å². The molecule has 0 aromatic heterocycles. The van der Waals surface area contributed by atoms with Crippen molar-refractivity contribution in [3.05, 3.63) is 35.9 Å². The number of piperidine rings is 1. The molecule has 5 aliphatic carbocycles. The molecule has 6 fully saturated rings. The molecule has 1 saturated heterocycles. The molecule has 1 heterocycles. The maximum Gasteiger partial charge on any atom is 0.338 e. The van der Waals surface area contributed by atoms with Gasteiger partial charge in [-0.05, 0) is 31.0 Å². The smallest absolute Gasteiger partial charge is 0.338 e. The SMILES string of the molecule is CCN1CC2(COC)C(OC(C)=O)CC(OC)C34C5C[C@@]6(O)C(OC(=O)c7ccccc7)[C@@H]5[C@@](OC(C)=O)(C(C(OC)[C@H]23)[C@@H]14)C(O)[C@@H]6OC. The summed E-state index contributed by atoms with van der Waals surface area (Å²) in [6, 6.07) is 8.12. The van der Waals surface area contributed by atoms with Crippen LogP contribution in [-0.2, 0) is 42.7 Å². The standard InChI is InChI=1S/C36H49NO12/c1-8-37-16-33(17-43-4)22(47-18(2)38)14-23(44-5)35-21-15-34(42)30(48-32(41)20-12-10-9-11-13-20)24(21)36(49-19(3)39,29(40)31(34)46-7)25(28(35)37)26(45-6)27(33)35/h9-13,21-31,40,42H,8,14-17H2,1-7H3/t21?,22?,23?,24-,25?,26?,27-,28-,29?,30?,31+,33?,34-,35?,36-/m1/s1. The molecule has 1 spiro atoms. The van der Waals surface area contributed by atoms with Crippen molar-refractivity contribution in [3.63, 3.8) is 0 Å². The van der Waals surface area contributed by atoms with Crippen molar-refractivity contribution < 1.29 is 57.8 Å². The number of benzene rings is 1. The van der Waals surface area contributed by atoms with Gasteiger partial charge in [0, 0.05) is 89.9 Å². The molecule has 270 valence electrons. The number of nitrogens with zero attached hydrogens (tertiary/aromatic N) is 1. The van der Waals surface area contributed by atoms with Gasteiger partial charge in [-0.1, -0.05) is 25.1 Å². The van der Waals surface area contributed by atoms with E-state index in [1.54, 1.807) is 51.7 Å². The van der Waals surface area contributed by atoms with Gasteiger partial charge in [0.25, 0.3) is 0 Å². The monoisotopic (exact) mass is 687 g/mol. The molecule has 1 aromatic carbocycles. The molecule has 1 aromatic rings. The van der Waals surface area contributed by atoms with Crippen molar-refractivity contribution in [2.24, 2.45) is 34.5 Å². The van der Waals surface area contributed by atoms with Gasteiger partial charge in [-0.3, -0.25) is 14.5 Å². The minimum atomic E-state index is -1.86. The zero-order valence-electron chi connectivity index (χ0n) is 29.2. The number of carbonyl (C=O) groups excluding carboxylic acids is 3. The summed E-state index contributed by atoms with van der Waals surface area (Å²) in [6.45, 7) is 5.99. The summed E-state index contributed by atoms with van der Waals surface area (Å²) in [5.74, 6) is -4.24. The van der Waals surface area contributed by atoms with Crippen LogP contribution < -0.4 is 0 Å². The quantitative estimate of drug-likeness (QED) is 0.267. The lowest BCUT2D eigenvalue weighted by atomic mass is 9.42. The number of aliphatic hydroxyl groups excluding tert-OH is 1. The van der Waals surface area contributed by atoms with E-state index in [0.29, 0.717) is 19.5 Å². The van der Waals surface area contributed by atoms with Gasteiger partial charge in [-0.15, -0.1) is 0 Å². The number of methoxy groups -OCH3 is 4. The van der Waals surface area contributed by atoms with E-state index < -0.39 is 100 Å². The fraction of sp³-hybridized carbons (Fsp3) is 0.750. The molecular weight excluding hydrogens is 638 g/mol. The number of hydrogen-bond donors (Lipinski definition) is 2. The fourth-order valence-corrected chi connectivity index (χ4v) is 12.7. The van der Waals surface area contributed by atoms with Crippen molar-refractivity contribution in [1.29, 1.82) is 0 Å². The third-order valence-corrected chi connectivity index (χ3v) is 13.4. The summed E-state index contributed by atoms with van der Waals surface area (Å²) in [5, 5.41) is 25.5. The Bertz CT molecular complexity index is 1480. The predicted octanol–water partition coefficient (Wildman–Crippen LogP) is 1.22. The molecule has 5 saturated carbocycles. The Morgan fingerprint density at radius 3 is 2.20 bits per heavy atom. The van der Waals surface area contributed by atoms with Crippen LogP contribution in [0.2, 0.25) is 0 Å². The van der Waals surface area contributed by atoms with Crippen LogP contribution in [0, 0.1) is 34.5 Å². The maximum atomic E-state index is 13.8. The van der Waals surface area contributed by atoms with E-state index in [1.165, 1.54) is 21.0 Å². The second-order valence-electron chi connectivity index (χ2n) is 15.0. The molecule has 1 aliphatic heterocycles. The Morgan fingerprint density at radius 1 is 0.918 bits per heavy atom. The first-order valence-electron chi connectivity index (χ1n) is 17.2. The molecule has 6 aliphatic rings. The number of ether oxygens (including phenoxy) is 7. The Hall–Kier alpha value is -2.65. The van der Waals surface area contributed by atoms with E-state index in [1.807, 2.05) is 6.92 Å². The van der Waals surface area contributed by atoms with Gasteiger partial charge in [0.15, 0.2) is 5.60 Å². The molecule has 7 rings (SSSR count). The first-order chi connectivity index (χ1) is 23.4.